The van der Waals surface area contributed by atoms with Crippen LogP contribution in [0.3, 0.4) is 0 Å². The summed E-state index contributed by atoms with van der Waals surface area (Å²) in [5.74, 6) is 0.0510. The molecule has 18 heavy (non-hydrogen) atoms. The maximum absolute atomic E-state index is 11.8. The smallest absolute Gasteiger partial charge is 0.316 e. The number of hydrogen-bond donors (Lipinski definition) is 0. The van der Waals surface area contributed by atoms with Gasteiger partial charge in [0.25, 0.3) is 0 Å². The molecule has 0 bridgehead atoms. The first-order valence-corrected chi connectivity index (χ1v) is 6.02. The molecule has 1 fully saturated rings. The van der Waals surface area contributed by atoms with Gasteiger partial charge < -0.3 is 9.64 Å². The number of aromatic nitrogens is 2. The van der Waals surface area contributed by atoms with E-state index in [2.05, 4.69) is 9.97 Å². The summed E-state index contributed by atoms with van der Waals surface area (Å²) in [6, 6.07) is 2.12. The SMILES string of the molecule is CC(C)=CC(=O)N1CCC(Oc2ncccn2)C1. The van der Waals surface area contributed by atoms with Crippen LogP contribution in [-0.4, -0.2) is 40.0 Å². The van der Waals surface area contributed by atoms with E-state index in [-0.39, 0.29) is 12.0 Å². The molecule has 1 aliphatic heterocycles. The highest BCUT2D eigenvalue weighted by molar-refractivity contribution is 5.88. The molecule has 5 nitrogen and oxygen atoms in total. The van der Waals surface area contributed by atoms with Crippen LogP contribution in [0, 0.1) is 0 Å². The minimum absolute atomic E-state index is 0.0121. The maximum Gasteiger partial charge on any atom is 0.316 e. The molecule has 1 amide bonds. The number of hydrogen-bond acceptors (Lipinski definition) is 4. The summed E-state index contributed by atoms with van der Waals surface area (Å²) in [5, 5.41) is 0. The van der Waals surface area contributed by atoms with Gasteiger partial charge in [-0.1, -0.05) is 5.57 Å². The quantitative estimate of drug-likeness (QED) is 0.758. The van der Waals surface area contributed by atoms with Crippen LogP contribution < -0.4 is 4.74 Å². The highest BCUT2D eigenvalue weighted by Crippen LogP contribution is 2.15. The molecule has 5 heteroatoms. The average Bonchev–Trinajstić information content (AvgIpc) is 2.78. The standard InChI is InChI=1S/C13H17N3O2/c1-10(2)8-12(17)16-7-4-11(9-16)18-13-14-5-3-6-15-13/h3,5-6,8,11H,4,7,9H2,1-2H3. The van der Waals surface area contributed by atoms with E-state index in [4.69, 9.17) is 4.74 Å². The van der Waals surface area contributed by atoms with E-state index in [0.29, 0.717) is 12.6 Å². The number of rotatable bonds is 3. The molecule has 0 aliphatic carbocycles. The van der Waals surface area contributed by atoms with Crippen molar-refractivity contribution in [3.8, 4) is 6.01 Å². The number of likely N-dealkylation sites (tertiary alicyclic amines) is 1. The normalized spacial score (nSPS) is 18.6. The Kier molecular flexibility index (Phi) is 3.92. The first kappa shape index (κ1) is 12.5. The Labute approximate surface area is 106 Å². The van der Waals surface area contributed by atoms with Crippen LogP contribution >= 0.6 is 0 Å². The van der Waals surface area contributed by atoms with Crippen molar-refractivity contribution >= 4 is 5.91 Å². The summed E-state index contributed by atoms with van der Waals surface area (Å²) in [6.45, 7) is 5.15. The molecule has 0 spiro atoms. The number of nitrogens with zero attached hydrogens (tertiary/aromatic N) is 3. The third-order valence-electron chi connectivity index (χ3n) is 2.68. The minimum atomic E-state index is -0.0121. The van der Waals surface area contributed by atoms with Crippen molar-refractivity contribution in [2.45, 2.75) is 26.4 Å². The summed E-state index contributed by atoms with van der Waals surface area (Å²) in [7, 11) is 0. The molecular formula is C13H17N3O2. The van der Waals surface area contributed by atoms with Crippen molar-refractivity contribution in [3.05, 3.63) is 30.1 Å². The molecule has 2 heterocycles. The average molecular weight is 247 g/mol. The molecule has 1 aliphatic rings. The highest BCUT2D eigenvalue weighted by atomic mass is 16.5. The van der Waals surface area contributed by atoms with Gasteiger partial charge in [-0.3, -0.25) is 4.79 Å². The molecule has 1 unspecified atom stereocenters. The second-order valence-corrected chi connectivity index (χ2v) is 4.57. The molecule has 0 saturated carbocycles. The number of allylic oxidation sites excluding steroid dienone is 1. The van der Waals surface area contributed by atoms with Gasteiger partial charge in [-0.05, 0) is 19.9 Å². The van der Waals surface area contributed by atoms with E-state index >= 15 is 0 Å². The van der Waals surface area contributed by atoms with E-state index in [1.54, 1.807) is 29.4 Å². The number of carbonyl (C=O) groups excluding carboxylic acids is 1. The van der Waals surface area contributed by atoms with Crippen molar-refractivity contribution in [1.82, 2.24) is 14.9 Å². The molecule has 1 aromatic heterocycles. The van der Waals surface area contributed by atoms with Gasteiger partial charge in [-0.2, -0.15) is 0 Å². The molecule has 96 valence electrons. The Morgan fingerprint density at radius 2 is 2.17 bits per heavy atom. The summed E-state index contributed by atoms with van der Waals surface area (Å²) in [4.78, 5) is 21.6. The van der Waals surface area contributed by atoms with E-state index in [1.165, 1.54) is 0 Å². The zero-order valence-corrected chi connectivity index (χ0v) is 10.7. The second kappa shape index (κ2) is 5.62. The van der Waals surface area contributed by atoms with Crippen molar-refractivity contribution in [2.24, 2.45) is 0 Å². The van der Waals surface area contributed by atoms with Gasteiger partial charge in [0, 0.05) is 31.4 Å². The number of ether oxygens (including phenoxy) is 1. The van der Waals surface area contributed by atoms with E-state index in [1.807, 2.05) is 13.8 Å². The first-order valence-electron chi connectivity index (χ1n) is 6.02. The Bertz CT molecular complexity index is 441. The zero-order valence-electron chi connectivity index (χ0n) is 10.7. The molecular weight excluding hydrogens is 230 g/mol. The second-order valence-electron chi connectivity index (χ2n) is 4.57. The minimum Gasteiger partial charge on any atom is -0.458 e. The van der Waals surface area contributed by atoms with Crippen LogP contribution in [-0.2, 0) is 4.79 Å². The Balaban J connectivity index is 1.89. The Morgan fingerprint density at radius 3 is 2.83 bits per heavy atom. The topological polar surface area (TPSA) is 55.3 Å². The van der Waals surface area contributed by atoms with Crippen molar-refractivity contribution in [3.63, 3.8) is 0 Å². The fraction of sp³-hybridized carbons (Fsp3) is 0.462. The Morgan fingerprint density at radius 1 is 1.44 bits per heavy atom. The molecule has 0 aromatic carbocycles. The van der Waals surface area contributed by atoms with Crippen molar-refractivity contribution < 1.29 is 9.53 Å². The van der Waals surface area contributed by atoms with E-state index < -0.39 is 0 Å². The fourth-order valence-corrected chi connectivity index (χ4v) is 1.86. The van der Waals surface area contributed by atoms with E-state index in [0.717, 1.165) is 18.5 Å². The van der Waals surface area contributed by atoms with Gasteiger partial charge in [0.05, 0.1) is 6.54 Å². The summed E-state index contributed by atoms with van der Waals surface area (Å²) in [5.41, 5.74) is 1.01. The van der Waals surface area contributed by atoms with Crippen LogP contribution in [0.1, 0.15) is 20.3 Å². The zero-order chi connectivity index (χ0) is 13.0. The summed E-state index contributed by atoms with van der Waals surface area (Å²) in [6.07, 6.45) is 5.75. The van der Waals surface area contributed by atoms with Crippen LogP contribution in [0.4, 0.5) is 0 Å². The van der Waals surface area contributed by atoms with Gasteiger partial charge in [-0.25, -0.2) is 9.97 Å². The van der Waals surface area contributed by atoms with Crippen LogP contribution in [0.25, 0.3) is 0 Å². The van der Waals surface area contributed by atoms with Crippen molar-refractivity contribution in [1.29, 1.82) is 0 Å². The number of carbonyl (C=O) groups is 1. The van der Waals surface area contributed by atoms with Gasteiger partial charge in [0.2, 0.25) is 5.91 Å². The molecule has 0 radical (unpaired) electrons. The lowest BCUT2D eigenvalue weighted by Crippen LogP contribution is -2.29. The molecule has 2 rings (SSSR count). The maximum atomic E-state index is 11.8. The van der Waals surface area contributed by atoms with Gasteiger partial charge in [-0.15, -0.1) is 0 Å². The fourth-order valence-electron chi connectivity index (χ4n) is 1.86. The van der Waals surface area contributed by atoms with Crippen LogP contribution in [0.2, 0.25) is 0 Å². The summed E-state index contributed by atoms with van der Waals surface area (Å²) >= 11 is 0. The predicted molar refractivity (Wildman–Crippen MR) is 67.1 cm³/mol. The largest absolute Gasteiger partial charge is 0.458 e. The lowest BCUT2D eigenvalue weighted by Gasteiger charge is -2.14. The van der Waals surface area contributed by atoms with Gasteiger partial charge >= 0.3 is 6.01 Å². The lowest BCUT2D eigenvalue weighted by molar-refractivity contribution is -0.125. The third-order valence-corrected chi connectivity index (χ3v) is 2.68. The first-order chi connectivity index (χ1) is 8.65. The predicted octanol–water partition coefficient (Wildman–Crippen LogP) is 1.42. The third kappa shape index (κ3) is 3.29. The van der Waals surface area contributed by atoms with Crippen LogP contribution in [0.5, 0.6) is 6.01 Å². The van der Waals surface area contributed by atoms with Gasteiger partial charge in [0.1, 0.15) is 6.10 Å². The highest BCUT2D eigenvalue weighted by Gasteiger charge is 2.27. The lowest BCUT2D eigenvalue weighted by atomic mass is 10.3. The van der Waals surface area contributed by atoms with Crippen molar-refractivity contribution in [2.75, 3.05) is 13.1 Å². The molecule has 1 aromatic rings. The molecule has 1 atom stereocenters. The molecule has 0 N–H and O–H groups in total. The summed E-state index contributed by atoms with van der Waals surface area (Å²) < 4.78 is 5.62. The van der Waals surface area contributed by atoms with Crippen LogP contribution in [0.15, 0.2) is 30.1 Å². The Hall–Kier alpha value is -1.91. The molecule has 1 saturated heterocycles. The van der Waals surface area contributed by atoms with Gasteiger partial charge in [0.15, 0.2) is 0 Å². The number of amides is 1. The van der Waals surface area contributed by atoms with E-state index in [9.17, 15) is 4.79 Å². The monoisotopic (exact) mass is 247 g/mol.